The highest BCUT2D eigenvalue weighted by atomic mass is 35.5. The van der Waals surface area contributed by atoms with Crippen molar-refractivity contribution in [3.63, 3.8) is 0 Å². The summed E-state index contributed by atoms with van der Waals surface area (Å²) in [5.41, 5.74) is 13.2. The van der Waals surface area contributed by atoms with Crippen molar-refractivity contribution in [2.45, 2.75) is 13.8 Å². The number of carbonyl (C=O) groups is 2. The Morgan fingerprint density at radius 1 is 0.648 bits per heavy atom. The molecule has 0 atom stereocenters. The predicted molar refractivity (Wildman–Crippen MR) is 226 cm³/mol. The summed E-state index contributed by atoms with van der Waals surface area (Å²) >= 11 is 8.49. The van der Waals surface area contributed by atoms with E-state index in [-0.39, 0.29) is 13.3 Å². The Hall–Kier alpha value is -6.01. The first-order chi connectivity index (χ1) is 25.7. The second-order valence-corrected chi connectivity index (χ2v) is 14.0. The monoisotopic (exact) mass is 771 g/mol. The maximum absolute atomic E-state index is 12.6. The summed E-state index contributed by atoms with van der Waals surface area (Å²) in [5, 5.41) is 1.45. The molecular formula is C42H38ClN7O2S2. The number of nitrogens with two attached hydrogens (primary N) is 1. The van der Waals surface area contributed by atoms with Gasteiger partial charge >= 0.3 is 5.37 Å². The molecule has 0 unspecified atom stereocenters. The normalized spacial score (nSPS) is 10.3. The average molecular weight is 772 g/mol. The van der Waals surface area contributed by atoms with Crippen molar-refractivity contribution < 1.29 is 9.59 Å². The van der Waals surface area contributed by atoms with Crippen LogP contribution in [0.5, 0.6) is 0 Å². The molecule has 0 fully saturated rings. The summed E-state index contributed by atoms with van der Waals surface area (Å²) in [4.78, 5) is 43.8. The van der Waals surface area contributed by atoms with E-state index in [4.69, 9.17) is 17.3 Å². The first-order valence-electron chi connectivity index (χ1n) is 16.4. The number of hydrogen-bond acceptors (Lipinski definition) is 9. The fourth-order valence-corrected chi connectivity index (χ4v) is 7.09. The molecule has 0 saturated heterocycles. The van der Waals surface area contributed by atoms with Gasteiger partial charge in [-0.3, -0.25) is 19.6 Å². The molecule has 0 aliphatic rings. The van der Waals surface area contributed by atoms with Gasteiger partial charge in [0.05, 0.1) is 26.9 Å². The average Bonchev–Trinajstić information content (AvgIpc) is 3.84. The summed E-state index contributed by atoms with van der Waals surface area (Å²) in [6.07, 6.45) is 7.53. The zero-order valence-corrected chi connectivity index (χ0v) is 31.2. The Kier molecular flexibility index (Phi) is 13.5. The van der Waals surface area contributed by atoms with Gasteiger partial charge in [-0.15, -0.1) is 22.7 Å². The third-order valence-corrected chi connectivity index (χ3v) is 10.3. The molecule has 54 heavy (non-hydrogen) atoms. The maximum Gasteiger partial charge on any atom is 0.320 e. The molecule has 0 spiro atoms. The number of benzene rings is 4. The molecule has 4 aromatic heterocycles. The van der Waals surface area contributed by atoms with E-state index in [0.29, 0.717) is 6.42 Å². The van der Waals surface area contributed by atoms with Crippen LogP contribution in [0, 0.1) is 0 Å². The number of likely N-dealkylation sites (N-methyl/N-ethyl adjacent to an activating group) is 1. The molecule has 8 aromatic rings. The first-order valence-corrected chi connectivity index (χ1v) is 18.4. The number of rotatable bonds is 6. The van der Waals surface area contributed by atoms with Gasteiger partial charge in [-0.25, -0.2) is 9.97 Å². The number of aromatic nitrogens is 4. The SMILES string of the molecule is C.CN(C(=O)Cc1cccc(-c2nc3ccncc3s2)c1)c1ccccc1.CN(C(=O)Cl)c1ccccc1.Nc1cccc(-c2nc3ccncc3s2)c1. The number of thiazole rings is 2. The van der Waals surface area contributed by atoms with Crippen LogP contribution in [0.3, 0.4) is 0 Å². The van der Waals surface area contributed by atoms with Crippen molar-refractivity contribution >= 4 is 83.0 Å². The van der Waals surface area contributed by atoms with Crippen LogP contribution < -0.4 is 15.5 Å². The van der Waals surface area contributed by atoms with Gasteiger partial charge in [0.25, 0.3) is 0 Å². The van der Waals surface area contributed by atoms with Gasteiger partial charge in [0, 0.05) is 67.1 Å². The number of carbonyl (C=O) groups excluding carboxylic acids is 2. The first kappa shape index (κ1) is 39.2. The second-order valence-electron chi connectivity index (χ2n) is 11.7. The number of halogens is 1. The van der Waals surface area contributed by atoms with Gasteiger partial charge in [0.15, 0.2) is 0 Å². The Morgan fingerprint density at radius 2 is 1.15 bits per heavy atom. The number of pyridine rings is 2. The van der Waals surface area contributed by atoms with Crippen molar-refractivity contribution in [2.75, 3.05) is 29.6 Å². The minimum Gasteiger partial charge on any atom is -0.399 e. The molecule has 272 valence electrons. The van der Waals surface area contributed by atoms with Crippen molar-refractivity contribution in [3.05, 3.63) is 152 Å². The summed E-state index contributed by atoms with van der Waals surface area (Å²) in [6.45, 7) is 0. The number of anilines is 3. The van der Waals surface area contributed by atoms with Crippen LogP contribution in [-0.2, 0) is 11.2 Å². The lowest BCUT2D eigenvalue weighted by Crippen LogP contribution is -2.27. The van der Waals surface area contributed by atoms with Gasteiger partial charge < -0.3 is 15.5 Å². The summed E-state index contributed by atoms with van der Waals surface area (Å²) in [7, 11) is 3.44. The molecule has 9 nitrogen and oxygen atoms in total. The lowest BCUT2D eigenvalue weighted by atomic mass is 10.1. The van der Waals surface area contributed by atoms with Crippen LogP contribution in [0.2, 0.25) is 0 Å². The number of nitrogens with zero attached hydrogens (tertiary/aromatic N) is 6. The van der Waals surface area contributed by atoms with E-state index in [2.05, 4.69) is 19.9 Å². The van der Waals surface area contributed by atoms with Crippen LogP contribution in [0.15, 0.2) is 146 Å². The van der Waals surface area contributed by atoms with Crippen LogP contribution in [0.4, 0.5) is 21.9 Å². The fraction of sp³-hybridized carbons (Fsp3) is 0.0952. The van der Waals surface area contributed by atoms with Gasteiger partial charge in [-0.2, -0.15) is 0 Å². The van der Waals surface area contributed by atoms with E-state index >= 15 is 0 Å². The minimum atomic E-state index is -0.476. The smallest absolute Gasteiger partial charge is 0.320 e. The topological polar surface area (TPSA) is 118 Å². The van der Waals surface area contributed by atoms with Crippen molar-refractivity contribution in [1.82, 2.24) is 19.9 Å². The van der Waals surface area contributed by atoms with E-state index in [0.717, 1.165) is 64.2 Å². The molecule has 0 bridgehead atoms. The fourth-order valence-electron chi connectivity index (χ4n) is 5.13. The Balaban J connectivity index is 0.000000171. The standard InChI is InChI=1S/C21H17N3OS.C12H9N3S.C8H8ClNO.CH4/c1-24(17-8-3-2-4-9-17)20(25)13-15-6-5-7-16(12-15)21-23-18-10-11-22-14-19(18)26-21;13-9-3-1-2-8(6-9)12-15-10-4-5-14-7-11(10)16-12;1-10(8(9)11)7-5-3-2-4-6-7;/h2-12,14H,13H2,1H3;1-7H,13H2;2-6H,1H3;1H4. The number of para-hydroxylation sites is 2. The maximum atomic E-state index is 12.6. The van der Waals surface area contributed by atoms with Crippen molar-refractivity contribution in [3.8, 4) is 21.1 Å². The lowest BCUT2D eigenvalue weighted by Gasteiger charge is -2.17. The lowest BCUT2D eigenvalue weighted by molar-refractivity contribution is -0.117. The summed E-state index contributed by atoms with van der Waals surface area (Å²) in [6, 6.07) is 38.5. The van der Waals surface area contributed by atoms with E-state index < -0.39 is 5.37 Å². The molecule has 0 saturated carbocycles. The molecular weight excluding hydrogens is 734 g/mol. The quantitative estimate of drug-likeness (QED) is 0.102. The Morgan fingerprint density at radius 3 is 1.65 bits per heavy atom. The van der Waals surface area contributed by atoms with E-state index in [1.165, 1.54) is 4.90 Å². The van der Waals surface area contributed by atoms with Crippen molar-refractivity contribution in [1.29, 1.82) is 0 Å². The molecule has 4 heterocycles. The zero-order chi connectivity index (χ0) is 37.2. The molecule has 8 rings (SSSR count). The van der Waals surface area contributed by atoms with Gasteiger partial charge in [0.2, 0.25) is 5.91 Å². The Bertz CT molecular complexity index is 2390. The van der Waals surface area contributed by atoms with Crippen LogP contribution >= 0.6 is 34.3 Å². The van der Waals surface area contributed by atoms with Gasteiger partial charge in [0.1, 0.15) is 10.0 Å². The molecule has 0 aliphatic heterocycles. The molecule has 12 heteroatoms. The third-order valence-electron chi connectivity index (χ3n) is 7.97. The molecule has 2 N–H and O–H groups in total. The number of amides is 2. The Labute approximate surface area is 327 Å². The van der Waals surface area contributed by atoms with Gasteiger partial charge in [-0.05, 0) is 71.8 Å². The zero-order valence-electron chi connectivity index (χ0n) is 28.8. The van der Waals surface area contributed by atoms with E-state index in [1.54, 1.807) is 47.0 Å². The highest BCUT2D eigenvalue weighted by Crippen LogP contribution is 2.31. The molecule has 0 radical (unpaired) electrons. The molecule has 2 amide bonds. The number of fused-ring (bicyclic) bond motifs is 2. The summed E-state index contributed by atoms with van der Waals surface area (Å²) in [5.74, 6) is 0.0573. The van der Waals surface area contributed by atoms with Crippen LogP contribution in [-0.4, -0.2) is 45.3 Å². The largest absolute Gasteiger partial charge is 0.399 e. The highest BCUT2D eigenvalue weighted by Gasteiger charge is 2.13. The third kappa shape index (κ3) is 10.1. The number of nitrogen functional groups attached to an aromatic ring is 1. The minimum absolute atomic E-state index is 0. The van der Waals surface area contributed by atoms with E-state index in [1.807, 2.05) is 141 Å². The van der Waals surface area contributed by atoms with Gasteiger partial charge in [-0.1, -0.05) is 74.2 Å². The number of hydrogen-bond donors (Lipinski definition) is 1. The second kappa shape index (κ2) is 18.7. The van der Waals surface area contributed by atoms with Crippen molar-refractivity contribution in [2.24, 2.45) is 0 Å². The van der Waals surface area contributed by atoms with E-state index in [9.17, 15) is 9.59 Å². The predicted octanol–water partition coefficient (Wildman–Crippen LogP) is 10.6. The molecule has 0 aliphatic carbocycles. The highest BCUT2D eigenvalue weighted by molar-refractivity contribution is 7.22. The summed E-state index contributed by atoms with van der Waals surface area (Å²) < 4.78 is 2.16. The van der Waals surface area contributed by atoms with Crippen LogP contribution in [0.1, 0.15) is 13.0 Å². The van der Waals surface area contributed by atoms with Crippen LogP contribution in [0.25, 0.3) is 41.6 Å². The molecule has 4 aromatic carbocycles.